The third-order valence-electron chi connectivity index (χ3n) is 0.167. The molecule has 0 bridgehead atoms. The molecule has 0 saturated heterocycles. The van der Waals surface area contributed by atoms with Gasteiger partial charge in [0.2, 0.25) is 0 Å². The normalized spacial score (nSPS) is 8.00. The molecule has 6 nitrogen and oxygen atoms in total. The largest absolute Gasteiger partial charge is 1.00 e. The molecule has 0 aromatic carbocycles. The van der Waals surface area contributed by atoms with E-state index in [1.807, 2.05) is 0 Å². The molecule has 0 unspecified atom stereocenters. The molecule has 0 heterocycles. The second-order valence-electron chi connectivity index (χ2n) is 0.986. The standard InChI is InChI=1S/C2H8N2.2Na.H2O4S/c3-1-2-4;;;1-5(2,3)4/h1-4H2;;;(H2,1,2,3,4)/q;2*+1;/p-2. The van der Waals surface area contributed by atoms with Crippen molar-refractivity contribution in [2.45, 2.75) is 0 Å². The van der Waals surface area contributed by atoms with Crippen LogP contribution in [-0.4, -0.2) is 30.6 Å². The third kappa shape index (κ3) is 145. The van der Waals surface area contributed by atoms with E-state index in [4.69, 9.17) is 29.0 Å². The van der Waals surface area contributed by atoms with Crippen LogP contribution in [-0.2, 0) is 10.4 Å². The van der Waals surface area contributed by atoms with Gasteiger partial charge in [0.25, 0.3) is 0 Å². The summed E-state index contributed by atoms with van der Waals surface area (Å²) < 4.78 is 34.1. The van der Waals surface area contributed by atoms with E-state index in [1.165, 1.54) is 0 Å². The molecule has 0 saturated carbocycles. The van der Waals surface area contributed by atoms with Crippen LogP contribution in [0.25, 0.3) is 0 Å². The van der Waals surface area contributed by atoms with Crippen LogP contribution in [0.2, 0.25) is 0 Å². The van der Waals surface area contributed by atoms with Gasteiger partial charge in [-0.2, -0.15) is 0 Å². The van der Waals surface area contributed by atoms with Crippen LogP contribution < -0.4 is 70.6 Å². The maximum atomic E-state index is 8.52. The second kappa shape index (κ2) is 14.3. The molecule has 0 aliphatic carbocycles. The van der Waals surface area contributed by atoms with Crippen molar-refractivity contribution < 1.29 is 76.6 Å². The molecule has 0 rings (SSSR count). The second-order valence-corrected chi connectivity index (χ2v) is 1.80. The van der Waals surface area contributed by atoms with Gasteiger partial charge in [0.1, 0.15) is 0 Å². The first kappa shape index (κ1) is 23.0. The molecule has 0 spiro atoms. The molecule has 0 aromatic heterocycles. The Morgan fingerprint density at radius 3 is 1.09 bits per heavy atom. The first-order chi connectivity index (χ1) is 3.91. The van der Waals surface area contributed by atoms with Crippen molar-refractivity contribution in [2.75, 3.05) is 13.1 Å². The van der Waals surface area contributed by atoms with Gasteiger partial charge >= 0.3 is 59.1 Å². The van der Waals surface area contributed by atoms with Crippen molar-refractivity contribution in [3.05, 3.63) is 0 Å². The van der Waals surface area contributed by atoms with Crippen LogP contribution in [0.4, 0.5) is 0 Å². The van der Waals surface area contributed by atoms with Gasteiger partial charge in [-0.05, 0) is 0 Å². The third-order valence-corrected chi connectivity index (χ3v) is 0.167. The number of nitrogens with two attached hydrogens (primary N) is 2. The average Bonchev–Trinajstić information content (AvgIpc) is 1.61. The van der Waals surface area contributed by atoms with E-state index in [0.717, 1.165) is 0 Å². The summed E-state index contributed by atoms with van der Waals surface area (Å²) in [5.41, 5.74) is 9.81. The molecule has 0 atom stereocenters. The van der Waals surface area contributed by atoms with Crippen LogP contribution in [0.15, 0.2) is 0 Å². The maximum absolute atomic E-state index is 8.52. The molecule has 58 valence electrons. The van der Waals surface area contributed by atoms with Gasteiger partial charge < -0.3 is 20.6 Å². The van der Waals surface area contributed by atoms with Gasteiger partial charge in [0.15, 0.2) is 0 Å². The van der Waals surface area contributed by atoms with Gasteiger partial charge in [-0.25, -0.2) is 0 Å². The van der Waals surface area contributed by atoms with E-state index in [0.29, 0.717) is 13.1 Å². The number of rotatable bonds is 1. The predicted molar refractivity (Wildman–Crippen MR) is 28.6 cm³/mol. The number of hydrogen-bond donors (Lipinski definition) is 2. The Morgan fingerprint density at radius 1 is 1.00 bits per heavy atom. The van der Waals surface area contributed by atoms with E-state index in [-0.39, 0.29) is 59.1 Å². The summed E-state index contributed by atoms with van der Waals surface area (Å²) in [5.74, 6) is 0. The Balaban J connectivity index is -0.0000000383. The van der Waals surface area contributed by atoms with Crippen molar-refractivity contribution in [3.8, 4) is 0 Å². The zero-order valence-corrected chi connectivity index (χ0v) is 11.4. The van der Waals surface area contributed by atoms with E-state index >= 15 is 0 Å². The van der Waals surface area contributed by atoms with Crippen LogP contribution in [0.3, 0.4) is 0 Å². The first-order valence-electron chi connectivity index (χ1n) is 1.98. The van der Waals surface area contributed by atoms with E-state index in [9.17, 15) is 0 Å². The molecule has 0 radical (unpaired) electrons. The zero-order chi connectivity index (χ0) is 7.91. The molecular formula is C2H8N2Na2O4S. The van der Waals surface area contributed by atoms with Crippen LogP contribution in [0.1, 0.15) is 0 Å². The Morgan fingerprint density at radius 2 is 1.09 bits per heavy atom. The summed E-state index contributed by atoms with van der Waals surface area (Å²) in [7, 11) is -5.17. The van der Waals surface area contributed by atoms with Gasteiger partial charge in [-0.3, -0.25) is 8.42 Å². The van der Waals surface area contributed by atoms with E-state index in [2.05, 4.69) is 0 Å². The Kier molecular flexibility index (Phi) is 30.0. The summed E-state index contributed by atoms with van der Waals surface area (Å²) in [6, 6.07) is 0. The van der Waals surface area contributed by atoms with Gasteiger partial charge in [-0.1, -0.05) is 0 Å². The molecule has 0 amide bonds. The zero-order valence-electron chi connectivity index (χ0n) is 6.61. The molecule has 0 aromatic rings. The monoisotopic (exact) mass is 202 g/mol. The summed E-state index contributed by atoms with van der Waals surface area (Å²) in [5, 5.41) is 0. The summed E-state index contributed by atoms with van der Waals surface area (Å²) >= 11 is 0. The van der Waals surface area contributed by atoms with Gasteiger partial charge in [-0.15, -0.1) is 0 Å². The molecule has 9 heteroatoms. The van der Waals surface area contributed by atoms with Crippen molar-refractivity contribution in [1.29, 1.82) is 0 Å². The smallest absolute Gasteiger partial charge is 0.759 e. The van der Waals surface area contributed by atoms with Crippen molar-refractivity contribution >= 4 is 10.4 Å². The SMILES string of the molecule is NCCN.O=S(=O)([O-])[O-].[Na+].[Na+]. The molecule has 0 fully saturated rings. The maximum Gasteiger partial charge on any atom is 1.00 e. The quantitative estimate of drug-likeness (QED) is 0.246. The van der Waals surface area contributed by atoms with Gasteiger partial charge in [0.05, 0.1) is 0 Å². The van der Waals surface area contributed by atoms with Gasteiger partial charge in [0, 0.05) is 23.5 Å². The fourth-order valence-electron chi connectivity index (χ4n) is 0. The van der Waals surface area contributed by atoms with E-state index in [1.54, 1.807) is 0 Å². The molecular weight excluding hydrogens is 194 g/mol. The first-order valence-corrected chi connectivity index (χ1v) is 3.32. The van der Waals surface area contributed by atoms with Crippen molar-refractivity contribution in [2.24, 2.45) is 11.5 Å². The Bertz CT molecular complexity index is 127. The average molecular weight is 202 g/mol. The molecule has 4 N–H and O–H groups in total. The fraction of sp³-hybridized carbons (Fsp3) is 1.00. The van der Waals surface area contributed by atoms with Crippen molar-refractivity contribution in [3.63, 3.8) is 0 Å². The number of hydrogen-bond acceptors (Lipinski definition) is 6. The topological polar surface area (TPSA) is 132 Å². The molecule has 0 aliphatic heterocycles. The summed E-state index contributed by atoms with van der Waals surface area (Å²) in [4.78, 5) is 0. The summed E-state index contributed by atoms with van der Waals surface area (Å²) in [6.45, 7) is 1.19. The van der Waals surface area contributed by atoms with Crippen LogP contribution >= 0.6 is 0 Å². The Labute approximate surface area is 110 Å². The minimum absolute atomic E-state index is 0. The minimum Gasteiger partial charge on any atom is -0.759 e. The van der Waals surface area contributed by atoms with Crippen molar-refractivity contribution in [1.82, 2.24) is 0 Å². The minimum atomic E-state index is -5.17. The molecule has 0 aliphatic rings. The predicted octanol–water partition coefficient (Wildman–Crippen LogP) is -8.43. The van der Waals surface area contributed by atoms with E-state index < -0.39 is 10.4 Å². The van der Waals surface area contributed by atoms with Crippen LogP contribution in [0, 0.1) is 0 Å². The molecule has 11 heavy (non-hydrogen) atoms. The van der Waals surface area contributed by atoms with Crippen LogP contribution in [0.5, 0.6) is 0 Å². The fourth-order valence-corrected chi connectivity index (χ4v) is 0. The Hall–Kier alpha value is 1.79. The summed E-state index contributed by atoms with van der Waals surface area (Å²) in [6.07, 6.45) is 0.